The standard InChI is InChI=1S/C23H29N7O/c31-23-5-4-21(19-6-8-24-9-7-19)26-30(23)16-15-27-11-13-28(14-12-27)18-20-17-25-22-3-1-2-10-29(20)22/h4-9,17H,1-3,10-16,18H2. The fourth-order valence-corrected chi connectivity index (χ4v) is 4.53. The lowest BCUT2D eigenvalue weighted by molar-refractivity contribution is 0.120. The molecule has 0 unspecified atom stereocenters. The van der Waals surface area contributed by atoms with Crippen LogP contribution in [0.4, 0.5) is 0 Å². The highest BCUT2D eigenvalue weighted by Gasteiger charge is 2.20. The second-order valence-electron chi connectivity index (χ2n) is 8.41. The average molecular weight is 420 g/mol. The molecule has 1 saturated heterocycles. The third-order valence-electron chi connectivity index (χ3n) is 6.37. The SMILES string of the molecule is O=c1ccc(-c2ccncc2)nn1CCN1CCN(Cc2cnc3n2CCCC3)CC1. The maximum absolute atomic E-state index is 12.3. The van der Waals surface area contributed by atoms with Crippen LogP contribution < -0.4 is 5.56 Å². The number of hydrogen-bond acceptors (Lipinski definition) is 6. The van der Waals surface area contributed by atoms with Crippen molar-refractivity contribution < 1.29 is 0 Å². The fourth-order valence-electron chi connectivity index (χ4n) is 4.53. The highest BCUT2D eigenvalue weighted by Crippen LogP contribution is 2.18. The smallest absolute Gasteiger partial charge is 0.266 e. The van der Waals surface area contributed by atoms with Crippen molar-refractivity contribution in [2.24, 2.45) is 0 Å². The summed E-state index contributed by atoms with van der Waals surface area (Å²) < 4.78 is 4.00. The molecule has 0 aliphatic carbocycles. The van der Waals surface area contributed by atoms with Gasteiger partial charge in [0.25, 0.3) is 5.56 Å². The summed E-state index contributed by atoms with van der Waals surface area (Å²) in [5.74, 6) is 1.26. The first-order chi connectivity index (χ1) is 15.3. The zero-order chi connectivity index (χ0) is 21.0. The molecule has 0 aromatic carbocycles. The lowest BCUT2D eigenvalue weighted by Crippen LogP contribution is -2.47. The Bertz CT molecular complexity index is 1070. The van der Waals surface area contributed by atoms with E-state index in [1.807, 2.05) is 12.1 Å². The summed E-state index contributed by atoms with van der Waals surface area (Å²) in [6, 6.07) is 7.21. The zero-order valence-electron chi connectivity index (χ0n) is 17.9. The molecule has 5 rings (SSSR count). The van der Waals surface area contributed by atoms with E-state index < -0.39 is 0 Å². The van der Waals surface area contributed by atoms with Crippen LogP contribution in [0.5, 0.6) is 0 Å². The van der Waals surface area contributed by atoms with E-state index in [2.05, 4.69) is 35.6 Å². The van der Waals surface area contributed by atoms with Crippen LogP contribution in [-0.4, -0.2) is 66.8 Å². The Hall–Kier alpha value is -2.84. The molecule has 3 aromatic heterocycles. The maximum atomic E-state index is 12.3. The maximum Gasteiger partial charge on any atom is 0.266 e. The van der Waals surface area contributed by atoms with Crippen LogP contribution >= 0.6 is 0 Å². The number of aryl methyl sites for hydroxylation is 1. The largest absolute Gasteiger partial charge is 0.331 e. The Balaban J connectivity index is 1.15. The van der Waals surface area contributed by atoms with Crippen molar-refractivity contribution in [1.82, 2.24) is 34.1 Å². The summed E-state index contributed by atoms with van der Waals surface area (Å²) in [7, 11) is 0. The molecule has 8 heteroatoms. The van der Waals surface area contributed by atoms with Gasteiger partial charge in [-0.15, -0.1) is 0 Å². The van der Waals surface area contributed by atoms with Gasteiger partial charge in [-0.2, -0.15) is 5.10 Å². The van der Waals surface area contributed by atoms with Crippen molar-refractivity contribution in [3.63, 3.8) is 0 Å². The Morgan fingerprint density at radius 2 is 1.68 bits per heavy atom. The molecule has 0 saturated carbocycles. The Labute approximate surface area is 182 Å². The molecule has 0 spiro atoms. The molecular formula is C23H29N7O. The van der Waals surface area contributed by atoms with Crippen LogP contribution in [-0.2, 0) is 26.1 Å². The second-order valence-corrected chi connectivity index (χ2v) is 8.41. The molecule has 1 fully saturated rings. The Morgan fingerprint density at radius 3 is 2.52 bits per heavy atom. The van der Waals surface area contributed by atoms with Crippen molar-refractivity contribution in [2.75, 3.05) is 32.7 Å². The third-order valence-corrected chi connectivity index (χ3v) is 6.37. The molecule has 162 valence electrons. The van der Waals surface area contributed by atoms with E-state index in [1.165, 1.54) is 24.4 Å². The van der Waals surface area contributed by atoms with E-state index in [9.17, 15) is 4.79 Å². The van der Waals surface area contributed by atoms with Gasteiger partial charge in [-0.25, -0.2) is 9.67 Å². The van der Waals surface area contributed by atoms with Gasteiger partial charge in [-0.1, -0.05) is 0 Å². The number of rotatable bonds is 6. The van der Waals surface area contributed by atoms with Gasteiger partial charge in [0.2, 0.25) is 0 Å². The van der Waals surface area contributed by atoms with Gasteiger partial charge in [0, 0.05) is 82.5 Å². The zero-order valence-corrected chi connectivity index (χ0v) is 17.9. The van der Waals surface area contributed by atoms with E-state index in [1.54, 1.807) is 29.2 Å². The van der Waals surface area contributed by atoms with Gasteiger partial charge in [-0.05, 0) is 31.0 Å². The molecule has 3 aromatic rings. The fraction of sp³-hybridized carbons (Fsp3) is 0.478. The van der Waals surface area contributed by atoms with E-state index in [-0.39, 0.29) is 5.56 Å². The first-order valence-corrected chi connectivity index (χ1v) is 11.2. The van der Waals surface area contributed by atoms with Gasteiger partial charge in [0.1, 0.15) is 5.82 Å². The molecule has 2 aliphatic rings. The Kier molecular flexibility index (Phi) is 5.90. The molecule has 0 N–H and O–H groups in total. The summed E-state index contributed by atoms with van der Waals surface area (Å²) in [5, 5.41) is 4.56. The molecule has 2 aliphatic heterocycles. The molecule has 5 heterocycles. The molecule has 0 amide bonds. The highest BCUT2D eigenvalue weighted by molar-refractivity contribution is 5.56. The van der Waals surface area contributed by atoms with Crippen molar-refractivity contribution in [2.45, 2.75) is 38.9 Å². The first-order valence-electron chi connectivity index (χ1n) is 11.2. The van der Waals surface area contributed by atoms with Crippen LogP contribution in [0.15, 0.2) is 47.7 Å². The minimum atomic E-state index is -0.0538. The minimum Gasteiger partial charge on any atom is -0.331 e. The normalized spacial score (nSPS) is 17.5. The second kappa shape index (κ2) is 9.11. The third kappa shape index (κ3) is 4.60. The molecule has 0 bridgehead atoms. The van der Waals surface area contributed by atoms with Crippen molar-refractivity contribution >= 4 is 0 Å². The van der Waals surface area contributed by atoms with Crippen molar-refractivity contribution in [3.05, 3.63) is 64.7 Å². The predicted octanol–water partition coefficient (Wildman–Crippen LogP) is 1.66. The van der Waals surface area contributed by atoms with Crippen LogP contribution in [0.1, 0.15) is 24.4 Å². The quantitative estimate of drug-likeness (QED) is 0.605. The number of hydrogen-bond donors (Lipinski definition) is 0. The van der Waals surface area contributed by atoms with Crippen LogP contribution in [0.3, 0.4) is 0 Å². The monoisotopic (exact) mass is 419 g/mol. The number of piperazine rings is 1. The van der Waals surface area contributed by atoms with E-state index >= 15 is 0 Å². The molecular weight excluding hydrogens is 390 g/mol. The van der Waals surface area contributed by atoms with Crippen LogP contribution in [0, 0.1) is 0 Å². The van der Waals surface area contributed by atoms with E-state index in [0.717, 1.165) is 63.5 Å². The van der Waals surface area contributed by atoms with Crippen molar-refractivity contribution in [1.29, 1.82) is 0 Å². The van der Waals surface area contributed by atoms with Gasteiger partial charge >= 0.3 is 0 Å². The highest BCUT2D eigenvalue weighted by atomic mass is 16.1. The van der Waals surface area contributed by atoms with E-state index in [4.69, 9.17) is 0 Å². The number of nitrogens with zero attached hydrogens (tertiary/aromatic N) is 7. The predicted molar refractivity (Wildman–Crippen MR) is 119 cm³/mol. The summed E-state index contributed by atoms with van der Waals surface area (Å²) in [5.41, 5.74) is 3.07. The lowest BCUT2D eigenvalue weighted by atomic mass is 10.1. The minimum absolute atomic E-state index is 0.0538. The topological polar surface area (TPSA) is 72.1 Å². The number of aromatic nitrogens is 5. The number of pyridine rings is 1. The molecule has 0 radical (unpaired) electrons. The summed E-state index contributed by atoms with van der Waals surface area (Å²) in [6.07, 6.45) is 9.19. The van der Waals surface area contributed by atoms with Crippen molar-refractivity contribution in [3.8, 4) is 11.3 Å². The molecule has 31 heavy (non-hydrogen) atoms. The number of imidazole rings is 1. The first kappa shape index (κ1) is 20.1. The number of fused-ring (bicyclic) bond motifs is 1. The summed E-state index contributed by atoms with van der Waals surface area (Å²) in [4.78, 5) is 25.9. The lowest BCUT2D eigenvalue weighted by Gasteiger charge is -2.34. The van der Waals surface area contributed by atoms with Gasteiger partial charge in [0.05, 0.1) is 17.9 Å². The average Bonchev–Trinajstić information content (AvgIpc) is 3.23. The van der Waals surface area contributed by atoms with Gasteiger partial charge < -0.3 is 4.57 Å². The Morgan fingerprint density at radius 1 is 0.871 bits per heavy atom. The molecule has 0 atom stereocenters. The summed E-state index contributed by atoms with van der Waals surface area (Å²) >= 11 is 0. The summed E-state index contributed by atoms with van der Waals surface area (Å²) in [6.45, 7) is 7.65. The van der Waals surface area contributed by atoms with Crippen LogP contribution in [0.2, 0.25) is 0 Å². The van der Waals surface area contributed by atoms with E-state index in [0.29, 0.717) is 6.54 Å². The van der Waals surface area contributed by atoms with Gasteiger partial charge in [-0.3, -0.25) is 19.6 Å². The molecule has 8 nitrogen and oxygen atoms in total. The van der Waals surface area contributed by atoms with Gasteiger partial charge in [0.15, 0.2) is 0 Å². The van der Waals surface area contributed by atoms with Crippen LogP contribution in [0.25, 0.3) is 11.3 Å².